The summed E-state index contributed by atoms with van der Waals surface area (Å²) >= 11 is 0. The molecule has 3 rings (SSSR count). The molecule has 30 heavy (non-hydrogen) atoms. The Morgan fingerprint density at radius 3 is 2.23 bits per heavy atom. The zero-order valence-corrected chi connectivity index (χ0v) is 16.3. The van der Waals surface area contributed by atoms with Gasteiger partial charge in [0, 0.05) is 31.3 Å². The normalized spacial score (nSPS) is 10.3. The maximum atomic E-state index is 13.1. The Hall–Kier alpha value is -4.20. The third-order valence-corrected chi connectivity index (χ3v) is 4.48. The lowest BCUT2D eigenvalue weighted by Crippen LogP contribution is -2.17. The average molecular weight is 405 g/mol. The number of phenols is 1. The van der Waals surface area contributed by atoms with E-state index in [4.69, 9.17) is 0 Å². The van der Waals surface area contributed by atoms with Gasteiger partial charge in [-0.3, -0.25) is 19.7 Å². The number of nitrogens with one attached hydrogen (secondary N) is 1. The minimum atomic E-state index is -0.583. The number of carbonyl (C=O) groups excluding carboxylic acids is 2. The number of rotatable bonds is 6. The highest BCUT2D eigenvalue weighted by Crippen LogP contribution is 2.29. The second-order valence-corrected chi connectivity index (χ2v) is 6.70. The summed E-state index contributed by atoms with van der Waals surface area (Å²) in [4.78, 5) is 38.3. The van der Waals surface area contributed by atoms with Crippen LogP contribution in [0.3, 0.4) is 0 Å². The van der Waals surface area contributed by atoms with Crippen molar-refractivity contribution in [1.82, 2.24) is 0 Å². The van der Waals surface area contributed by atoms with Crippen molar-refractivity contribution in [3.63, 3.8) is 0 Å². The number of ketones is 1. The molecule has 0 radical (unpaired) electrons. The first-order valence-electron chi connectivity index (χ1n) is 8.98. The Morgan fingerprint density at radius 1 is 0.967 bits per heavy atom. The summed E-state index contributed by atoms with van der Waals surface area (Å²) in [5, 5.41) is 23.9. The molecule has 0 aliphatic rings. The molecule has 0 saturated carbocycles. The summed E-state index contributed by atoms with van der Waals surface area (Å²) in [6.45, 7) is 0. The van der Waals surface area contributed by atoms with Crippen molar-refractivity contribution in [3.05, 3.63) is 93.5 Å². The summed E-state index contributed by atoms with van der Waals surface area (Å²) in [6.07, 6.45) is 0. The van der Waals surface area contributed by atoms with Crippen LogP contribution in [0.1, 0.15) is 26.3 Å². The molecule has 0 aliphatic heterocycles. The Labute approximate surface area is 172 Å². The van der Waals surface area contributed by atoms with Crippen molar-refractivity contribution in [2.24, 2.45) is 0 Å². The molecule has 1 amide bonds. The second-order valence-electron chi connectivity index (χ2n) is 6.70. The van der Waals surface area contributed by atoms with E-state index in [-0.39, 0.29) is 33.8 Å². The molecule has 0 atom stereocenters. The maximum Gasteiger partial charge on any atom is 0.293 e. The predicted molar refractivity (Wildman–Crippen MR) is 113 cm³/mol. The number of amides is 1. The van der Waals surface area contributed by atoms with Crippen LogP contribution in [0, 0.1) is 10.1 Å². The van der Waals surface area contributed by atoms with Gasteiger partial charge in [0.1, 0.15) is 11.4 Å². The Bertz CT molecular complexity index is 1140. The number of anilines is 2. The Kier molecular flexibility index (Phi) is 5.78. The van der Waals surface area contributed by atoms with Crippen LogP contribution in [0.2, 0.25) is 0 Å². The lowest BCUT2D eigenvalue weighted by molar-refractivity contribution is -0.384. The molecule has 0 bridgehead atoms. The van der Waals surface area contributed by atoms with Crippen LogP contribution < -0.4 is 10.2 Å². The maximum absolute atomic E-state index is 13.1. The highest BCUT2D eigenvalue weighted by molar-refractivity contribution is 6.18. The van der Waals surface area contributed by atoms with Crippen LogP contribution in [-0.2, 0) is 0 Å². The van der Waals surface area contributed by atoms with E-state index < -0.39 is 16.6 Å². The highest BCUT2D eigenvalue weighted by Gasteiger charge is 2.23. The van der Waals surface area contributed by atoms with E-state index in [9.17, 15) is 24.8 Å². The number of hydrogen-bond donors (Lipinski definition) is 2. The lowest BCUT2D eigenvalue weighted by Gasteiger charge is -2.14. The van der Waals surface area contributed by atoms with Gasteiger partial charge in [-0.15, -0.1) is 0 Å². The molecule has 0 unspecified atom stereocenters. The van der Waals surface area contributed by atoms with Crippen LogP contribution in [0.15, 0.2) is 66.7 Å². The molecule has 0 saturated heterocycles. The fourth-order valence-electron chi connectivity index (χ4n) is 2.99. The molecular formula is C22H19N3O5. The molecule has 0 aliphatic carbocycles. The third-order valence-electron chi connectivity index (χ3n) is 4.48. The fraction of sp³-hybridized carbons (Fsp3) is 0.0909. The van der Waals surface area contributed by atoms with Gasteiger partial charge in [-0.2, -0.15) is 0 Å². The van der Waals surface area contributed by atoms with Gasteiger partial charge in [-0.1, -0.05) is 30.3 Å². The molecule has 3 aromatic rings. The van der Waals surface area contributed by atoms with E-state index in [0.717, 1.165) is 0 Å². The fourth-order valence-corrected chi connectivity index (χ4v) is 2.99. The number of nitro benzene ring substituents is 1. The molecule has 0 heterocycles. The van der Waals surface area contributed by atoms with Gasteiger partial charge < -0.3 is 15.3 Å². The Balaban J connectivity index is 1.98. The smallest absolute Gasteiger partial charge is 0.293 e. The summed E-state index contributed by atoms with van der Waals surface area (Å²) < 4.78 is 0. The topological polar surface area (TPSA) is 113 Å². The first-order valence-corrected chi connectivity index (χ1v) is 8.98. The van der Waals surface area contributed by atoms with Crippen molar-refractivity contribution in [3.8, 4) is 5.75 Å². The molecule has 0 fully saturated rings. The first kappa shape index (κ1) is 20.5. The van der Waals surface area contributed by atoms with Crippen LogP contribution in [-0.4, -0.2) is 35.8 Å². The zero-order valence-electron chi connectivity index (χ0n) is 16.3. The Morgan fingerprint density at radius 2 is 1.60 bits per heavy atom. The van der Waals surface area contributed by atoms with Gasteiger partial charge in [0.25, 0.3) is 11.6 Å². The van der Waals surface area contributed by atoms with E-state index in [0.29, 0.717) is 5.69 Å². The van der Waals surface area contributed by atoms with E-state index in [1.807, 2.05) is 0 Å². The predicted octanol–water partition coefficient (Wildman–Crippen LogP) is 3.85. The number of phenolic OH excluding ortho intramolecular Hbond substituents is 1. The molecule has 0 spiro atoms. The highest BCUT2D eigenvalue weighted by atomic mass is 16.6. The van der Waals surface area contributed by atoms with Gasteiger partial charge in [-0.05, 0) is 30.3 Å². The van der Waals surface area contributed by atoms with Gasteiger partial charge in [0.05, 0.1) is 16.2 Å². The molecule has 152 valence electrons. The molecular weight excluding hydrogens is 386 g/mol. The molecule has 0 aromatic heterocycles. The van der Waals surface area contributed by atoms with Gasteiger partial charge in [0.15, 0.2) is 5.78 Å². The van der Waals surface area contributed by atoms with Crippen molar-refractivity contribution < 1.29 is 19.6 Å². The van der Waals surface area contributed by atoms with Crippen molar-refractivity contribution >= 4 is 28.8 Å². The summed E-state index contributed by atoms with van der Waals surface area (Å²) in [5.41, 5.74) is 0.636. The number of nitrogens with zero attached hydrogens (tertiary/aromatic N) is 2. The largest absolute Gasteiger partial charge is 0.506 e. The third kappa shape index (κ3) is 4.12. The van der Waals surface area contributed by atoms with Crippen LogP contribution in [0.4, 0.5) is 17.1 Å². The minimum absolute atomic E-state index is 0.0880. The monoisotopic (exact) mass is 405 g/mol. The van der Waals surface area contributed by atoms with E-state index in [1.165, 1.54) is 42.5 Å². The molecule has 8 nitrogen and oxygen atoms in total. The number of nitro groups is 1. The summed E-state index contributed by atoms with van der Waals surface area (Å²) in [5.74, 6) is -1.21. The van der Waals surface area contributed by atoms with Crippen molar-refractivity contribution in [1.29, 1.82) is 0 Å². The number of aromatic hydroxyl groups is 1. The lowest BCUT2D eigenvalue weighted by atomic mass is 9.97. The van der Waals surface area contributed by atoms with Crippen molar-refractivity contribution in [2.75, 3.05) is 24.3 Å². The number of carbonyl (C=O) groups is 2. The number of hydrogen-bond acceptors (Lipinski definition) is 6. The second kappa shape index (κ2) is 8.44. The van der Waals surface area contributed by atoms with Gasteiger partial charge in [-0.25, -0.2) is 0 Å². The SMILES string of the molecule is CN(C)c1ccc(C(=O)c2ccccc2C(=O)Nc2ccccc2O)cc1[N+](=O)[O-]. The minimum Gasteiger partial charge on any atom is -0.506 e. The molecule has 2 N–H and O–H groups in total. The van der Waals surface area contributed by atoms with E-state index in [2.05, 4.69) is 5.32 Å². The van der Waals surface area contributed by atoms with Crippen LogP contribution in [0.5, 0.6) is 5.75 Å². The van der Waals surface area contributed by atoms with E-state index in [1.54, 1.807) is 43.3 Å². The number of para-hydroxylation sites is 2. The van der Waals surface area contributed by atoms with Crippen molar-refractivity contribution in [2.45, 2.75) is 0 Å². The summed E-state index contributed by atoms with van der Waals surface area (Å²) in [6, 6.07) is 16.6. The average Bonchev–Trinajstić information content (AvgIpc) is 2.74. The number of benzene rings is 3. The first-order chi connectivity index (χ1) is 14.3. The molecule has 3 aromatic carbocycles. The quantitative estimate of drug-likeness (QED) is 0.279. The zero-order chi connectivity index (χ0) is 21.8. The van der Waals surface area contributed by atoms with Gasteiger partial charge in [0.2, 0.25) is 0 Å². The van der Waals surface area contributed by atoms with E-state index >= 15 is 0 Å². The summed E-state index contributed by atoms with van der Waals surface area (Å²) in [7, 11) is 3.34. The van der Waals surface area contributed by atoms with Crippen LogP contribution in [0.25, 0.3) is 0 Å². The standard InChI is InChI=1S/C22H19N3O5/c1-24(2)18-12-11-14(13-19(18)25(29)30)21(27)15-7-3-4-8-16(15)22(28)23-17-9-5-6-10-20(17)26/h3-13,26H,1-2H3,(H,23,28). The van der Waals surface area contributed by atoms with Crippen LogP contribution >= 0.6 is 0 Å². The molecule has 8 heteroatoms. The van der Waals surface area contributed by atoms with Gasteiger partial charge >= 0.3 is 0 Å².